The van der Waals surface area contributed by atoms with Crippen LogP contribution in [0, 0.1) is 0 Å². The summed E-state index contributed by atoms with van der Waals surface area (Å²) in [6.07, 6.45) is -4.59. The number of carbonyl (C=O) groups is 4. The number of nitrogens with two attached hydrogens (primary N) is 1. The number of methoxy groups -OCH3 is 1. The number of aliphatic hydroxyl groups is 1. The molecule has 13 atom stereocenters. The van der Waals surface area contributed by atoms with Gasteiger partial charge in [0, 0.05) is 60.9 Å². The van der Waals surface area contributed by atoms with E-state index >= 15 is 0 Å². The topological polar surface area (TPSA) is 223 Å². The van der Waals surface area contributed by atoms with Gasteiger partial charge in [-0.1, -0.05) is 19.1 Å². The molecular weight excluding hydrogens is 792 g/mol. The Morgan fingerprint density at radius 1 is 0.915 bits per heavy atom. The molecule has 5 aliphatic rings. The maximum atomic E-state index is 13.9. The van der Waals surface area contributed by atoms with Gasteiger partial charge in [-0.15, -0.1) is 12.4 Å². The number of hydrogen-bond donors (Lipinski definition) is 4. The fraction of sp³-hybridized carbons (Fsp3) is 0.619. The Hall–Kier alpha value is -3.55. The molecule has 2 aliphatic carbocycles. The molecule has 3 fully saturated rings. The lowest BCUT2D eigenvalue weighted by molar-refractivity contribution is -0.314. The van der Waals surface area contributed by atoms with Crippen molar-refractivity contribution in [1.29, 1.82) is 0 Å². The van der Waals surface area contributed by atoms with Crippen molar-refractivity contribution in [2.45, 2.75) is 145 Å². The van der Waals surface area contributed by atoms with E-state index in [0.29, 0.717) is 19.3 Å². The summed E-state index contributed by atoms with van der Waals surface area (Å²) in [6.45, 7) is 7.10. The zero-order chi connectivity index (χ0) is 42.0. The Labute approximate surface area is 348 Å². The number of hydrogen-bond acceptors (Lipinski definition) is 16. The zero-order valence-corrected chi connectivity index (χ0v) is 35.1. The molecule has 2 aromatic carbocycles. The van der Waals surface area contributed by atoms with Crippen LogP contribution in [0.2, 0.25) is 0 Å². The summed E-state index contributed by atoms with van der Waals surface area (Å²) < 4.78 is 43.0. The van der Waals surface area contributed by atoms with Gasteiger partial charge in [0.05, 0.1) is 42.1 Å². The van der Waals surface area contributed by atoms with Gasteiger partial charge in [-0.25, -0.2) is 0 Å². The standard InChI is InChI=1S/C42H54N2O14.ClH/c1-8-42(51)17-28(33-22(35(42)41(50)52-7)14-23-34(38(33)49)37(48)32-21(36(23)47)10-9-11-27(32)46)56-31-16-25(44(5)6)40(20(4)55-31)58-30-15-24(43)39(19(3)54-30)57-29-13-12-26(45)18(2)53-29;/h9-11,14,18-20,24-25,28-31,35,39-40,46,49,51H,8,12-13,15-17,43H2,1-7H3;1H/t18?,19?,20?,24-,25-,28+,29+,30+,31+,35+,39-,40-,42-;/m1./s1. The monoisotopic (exact) mass is 846 g/mol. The highest BCUT2D eigenvalue weighted by Crippen LogP contribution is 2.54. The first-order valence-corrected chi connectivity index (χ1v) is 20.0. The summed E-state index contributed by atoms with van der Waals surface area (Å²) >= 11 is 0. The molecule has 0 amide bonds. The van der Waals surface area contributed by atoms with Crippen LogP contribution < -0.4 is 5.73 Å². The first-order chi connectivity index (χ1) is 27.5. The first-order valence-electron chi connectivity index (χ1n) is 20.0. The second kappa shape index (κ2) is 17.4. The SMILES string of the molecule is CC[C@@]1(O)C[C@H](O[C@H]2C[C@@H](N(C)C)[C@H](O[C@H]3C[C@@H](N)[C@H](O[C@H]4CCC(=O)C(C)O4)C(C)O3)C(C)O2)c2c(cc3c(c2O)C(=O)c2c(O)cccc2C3=O)[C@H]1C(=O)OC.Cl. The Balaban J connectivity index is 0.00000585. The quantitative estimate of drug-likeness (QED) is 0.226. The normalized spacial score (nSPS) is 35.7. The minimum absolute atomic E-state index is 0. The summed E-state index contributed by atoms with van der Waals surface area (Å²) in [5, 5.41) is 34.7. The molecule has 324 valence electrons. The summed E-state index contributed by atoms with van der Waals surface area (Å²) in [6, 6.07) is 4.73. The maximum absolute atomic E-state index is 13.9. The predicted octanol–water partition coefficient (Wildman–Crippen LogP) is 3.55. The van der Waals surface area contributed by atoms with Gasteiger partial charge in [-0.2, -0.15) is 0 Å². The van der Waals surface area contributed by atoms with Crippen LogP contribution in [0.15, 0.2) is 24.3 Å². The van der Waals surface area contributed by atoms with Crippen LogP contribution in [-0.4, -0.2) is 132 Å². The van der Waals surface area contributed by atoms with Gasteiger partial charge in [0.2, 0.25) is 5.78 Å². The fourth-order valence-electron chi connectivity index (χ4n) is 9.34. The molecule has 0 saturated carbocycles. The molecule has 59 heavy (non-hydrogen) atoms. The smallest absolute Gasteiger partial charge is 0.316 e. The molecular formula is C42H55ClN2O14. The number of ether oxygens (including phenoxy) is 7. The summed E-state index contributed by atoms with van der Waals surface area (Å²) in [5.74, 6) is -4.51. The van der Waals surface area contributed by atoms with Crippen molar-refractivity contribution in [3.63, 3.8) is 0 Å². The second-order valence-electron chi connectivity index (χ2n) is 16.4. The Bertz CT molecular complexity index is 1950. The number of carbonyl (C=O) groups excluding carboxylic acids is 4. The summed E-state index contributed by atoms with van der Waals surface area (Å²) in [4.78, 5) is 55.1. The molecule has 3 unspecified atom stereocenters. The second-order valence-corrected chi connectivity index (χ2v) is 16.4. The highest BCUT2D eigenvalue weighted by atomic mass is 35.5. The maximum Gasteiger partial charge on any atom is 0.316 e. The zero-order valence-electron chi connectivity index (χ0n) is 34.2. The third-order valence-corrected chi connectivity index (χ3v) is 12.5. The van der Waals surface area contributed by atoms with Crippen LogP contribution in [0.3, 0.4) is 0 Å². The van der Waals surface area contributed by atoms with E-state index in [1.807, 2.05) is 32.8 Å². The molecule has 7 rings (SSSR count). The van der Waals surface area contributed by atoms with Crippen molar-refractivity contribution in [3.05, 3.63) is 57.6 Å². The lowest BCUT2D eigenvalue weighted by atomic mass is 9.67. The van der Waals surface area contributed by atoms with Crippen LogP contribution in [0.5, 0.6) is 11.5 Å². The minimum Gasteiger partial charge on any atom is -0.507 e. The van der Waals surface area contributed by atoms with E-state index < -0.39 is 102 Å². The number of ketones is 3. The van der Waals surface area contributed by atoms with E-state index in [1.165, 1.54) is 31.4 Å². The lowest BCUT2D eigenvalue weighted by Gasteiger charge is -2.48. The van der Waals surface area contributed by atoms with Gasteiger partial charge in [0.1, 0.15) is 35.7 Å². The fourth-order valence-corrected chi connectivity index (χ4v) is 9.34. The van der Waals surface area contributed by atoms with E-state index in [1.54, 1.807) is 13.8 Å². The number of aromatic hydroxyl groups is 2. The van der Waals surface area contributed by atoms with Gasteiger partial charge in [0.25, 0.3) is 0 Å². The number of rotatable bonds is 9. The lowest BCUT2D eigenvalue weighted by Crippen LogP contribution is -2.59. The van der Waals surface area contributed by atoms with Crippen molar-refractivity contribution in [1.82, 2.24) is 4.90 Å². The molecule has 3 aliphatic heterocycles. The summed E-state index contributed by atoms with van der Waals surface area (Å²) in [7, 11) is 4.97. The van der Waals surface area contributed by atoms with Crippen molar-refractivity contribution in [2.75, 3.05) is 21.2 Å². The van der Waals surface area contributed by atoms with Crippen LogP contribution >= 0.6 is 12.4 Å². The number of benzene rings is 2. The molecule has 3 heterocycles. The minimum atomic E-state index is -1.75. The van der Waals surface area contributed by atoms with Crippen molar-refractivity contribution in [3.8, 4) is 11.5 Å². The highest BCUT2D eigenvalue weighted by Gasteiger charge is 2.53. The molecule has 17 heteroatoms. The van der Waals surface area contributed by atoms with Gasteiger partial charge < -0.3 is 59.1 Å². The number of halogens is 1. The van der Waals surface area contributed by atoms with Crippen LogP contribution in [0.25, 0.3) is 0 Å². The van der Waals surface area contributed by atoms with Gasteiger partial charge >= 0.3 is 5.97 Å². The van der Waals surface area contributed by atoms with Crippen molar-refractivity contribution >= 4 is 35.7 Å². The van der Waals surface area contributed by atoms with Gasteiger partial charge in [-0.05, 0) is 59.0 Å². The average Bonchev–Trinajstić information content (AvgIpc) is 3.17. The predicted molar refractivity (Wildman–Crippen MR) is 210 cm³/mol. The average molecular weight is 847 g/mol. The third-order valence-electron chi connectivity index (χ3n) is 12.5. The number of Topliss-reactive ketones (excluding diaryl/α,β-unsaturated/α-hetero) is 1. The third kappa shape index (κ3) is 8.16. The highest BCUT2D eigenvalue weighted by molar-refractivity contribution is 6.30. The van der Waals surface area contributed by atoms with Crippen LogP contribution in [0.1, 0.15) is 121 Å². The molecule has 3 saturated heterocycles. The van der Waals surface area contributed by atoms with Crippen molar-refractivity contribution < 1.29 is 67.7 Å². The van der Waals surface area contributed by atoms with Crippen LogP contribution in [0.4, 0.5) is 0 Å². The molecule has 0 aromatic heterocycles. The van der Waals surface area contributed by atoms with E-state index in [9.17, 15) is 34.5 Å². The molecule has 16 nitrogen and oxygen atoms in total. The Morgan fingerprint density at radius 3 is 2.20 bits per heavy atom. The number of fused-ring (bicyclic) bond motifs is 3. The number of phenolic OH excluding ortho intramolecular Hbond substituents is 2. The van der Waals surface area contributed by atoms with Crippen LogP contribution in [-0.2, 0) is 42.7 Å². The van der Waals surface area contributed by atoms with E-state index in [4.69, 9.17) is 38.9 Å². The molecule has 0 radical (unpaired) electrons. The van der Waals surface area contributed by atoms with Crippen molar-refractivity contribution in [2.24, 2.45) is 5.73 Å². The Kier molecular flexibility index (Phi) is 13.3. The molecule has 0 spiro atoms. The number of likely N-dealkylation sites (N-methyl/N-ethyl adjacent to an activating group) is 1. The number of phenols is 2. The van der Waals surface area contributed by atoms with Gasteiger partial charge in [0.15, 0.2) is 30.4 Å². The first kappa shape index (κ1) is 45.0. The number of esters is 1. The molecule has 0 bridgehead atoms. The summed E-state index contributed by atoms with van der Waals surface area (Å²) in [5.41, 5.74) is 4.20. The van der Waals surface area contributed by atoms with E-state index in [2.05, 4.69) is 0 Å². The Morgan fingerprint density at radius 2 is 1.58 bits per heavy atom. The molecule has 2 aromatic rings. The van der Waals surface area contributed by atoms with E-state index in [-0.39, 0.29) is 76.9 Å². The number of nitrogens with zero attached hydrogens (tertiary/aromatic N) is 1. The largest absolute Gasteiger partial charge is 0.507 e. The van der Waals surface area contributed by atoms with E-state index in [0.717, 1.165) is 0 Å². The van der Waals surface area contributed by atoms with Gasteiger partial charge in [-0.3, -0.25) is 19.2 Å². The molecule has 5 N–H and O–H groups in total.